The summed E-state index contributed by atoms with van der Waals surface area (Å²) in [5, 5.41) is 0. The molecule has 0 bridgehead atoms. The second kappa shape index (κ2) is 6.93. The Hall–Kier alpha value is -2.88. The van der Waals surface area contributed by atoms with Gasteiger partial charge in [0.1, 0.15) is 6.26 Å². The Labute approximate surface area is 148 Å². The van der Waals surface area contributed by atoms with Crippen LogP contribution in [0.3, 0.4) is 0 Å². The van der Waals surface area contributed by atoms with Crippen LogP contribution in [0.15, 0.2) is 71.8 Å². The standard InChI is InChI=1S/C21H22N2O2/c1-21(2,3)18-6-8-19(9-7-18)23(14-16-5-4-11-22-13-16)20(24)17-10-12-25-15-17/h4-13,15H,14H2,1-3H3. The van der Waals surface area contributed by atoms with Crippen LogP contribution in [0.25, 0.3) is 0 Å². The van der Waals surface area contributed by atoms with Crippen molar-refractivity contribution < 1.29 is 9.21 Å². The summed E-state index contributed by atoms with van der Waals surface area (Å²) in [5.74, 6) is -0.0962. The van der Waals surface area contributed by atoms with Gasteiger partial charge in [0.2, 0.25) is 0 Å². The maximum absolute atomic E-state index is 12.9. The maximum Gasteiger partial charge on any atom is 0.261 e. The average Bonchev–Trinajstić information content (AvgIpc) is 3.14. The topological polar surface area (TPSA) is 46.3 Å². The fraction of sp³-hybridized carbons (Fsp3) is 0.238. The van der Waals surface area contributed by atoms with Crippen molar-refractivity contribution in [1.82, 2.24) is 4.98 Å². The zero-order chi connectivity index (χ0) is 17.9. The van der Waals surface area contributed by atoms with Crippen LogP contribution in [0, 0.1) is 0 Å². The molecular formula is C21H22N2O2. The largest absolute Gasteiger partial charge is 0.472 e. The SMILES string of the molecule is CC(C)(C)c1ccc(N(Cc2cccnc2)C(=O)c2ccoc2)cc1. The fourth-order valence-electron chi connectivity index (χ4n) is 2.64. The quantitative estimate of drug-likeness (QED) is 0.687. The Bertz CT molecular complexity index is 817. The van der Waals surface area contributed by atoms with Crippen molar-refractivity contribution in [3.63, 3.8) is 0 Å². The van der Waals surface area contributed by atoms with Crippen LogP contribution < -0.4 is 4.90 Å². The van der Waals surface area contributed by atoms with E-state index >= 15 is 0 Å². The number of hydrogen-bond acceptors (Lipinski definition) is 3. The van der Waals surface area contributed by atoms with Crippen molar-refractivity contribution in [2.24, 2.45) is 0 Å². The molecule has 25 heavy (non-hydrogen) atoms. The van der Waals surface area contributed by atoms with Crippen LogP contribution in [-0.2, 0) is 12.0 Å². The third-order valence-electron chi connectivity index (χ3n) is 4.12. The van der Waals surface area contributed by atoms with Crippen LogP contribution in [0.2, 0.25) is 0 Å². The lowest BCUT2D eigenvalue weighted by Crippen LogP contribution is -2.30. The number of aromatic nitrogens is 1. The van der Waals surface area contributed by atoms with E-state index in [1.807, 2.05) is 24.3 Å². The fourth-order valence-corrected chi connectivity index (χ4v) is 2.64. The molecule has 2 aromatic heterocycles. The van der Waals surface area contributed by atoms with Crippen LogP contribution in [-0.4, -0.2) is 10.9 Å². The maximum atomic E-state index is 12.9. The molecule has 0 saturated heterocycles. The predicted molar refractivity (Wildman–Crippen MR) is 98.6 cm³/mol. The number of anilines is 1. The number of pyridine rings is 1. The first-order chi connectivity index (χ1) is 11.9. The minimum Gasteiger partial charge on any atom is -0.472 e. The van der Waals surface area contributed by atoms with Gasteiger partial charge in [-0.1, -0.05) is 39.0 Å². The molecule has 3 rings (SSSR count). The van der Waals surface area contributed by atoms with Crippen LogP contribution in [0.5, 0.6) is 0 Å². The highest BCUT2D eigenvalue weighted by atomic mass is 16.3. The van der Waals surface area contributed by atoms with Crippen molar-refractivity contribution >= 4 is 11.6 Å². The molecule has 2 heterocycles. The third kappa shape index (κ3) is 3.97. The Balaban J connectivity index is 1.94. The average molecular weight is 334 g/mol. The van der Waals surface area contributed by atoms with E-state index in [1.165, 1.54) is 18.1 Å². The molecule has 0 saturated carbocycles. The van der Waals surface area contributed by atoms with E-state index in [2.05, 4.69) is 37.9 Å². The Morgan fingerprint density at radius 1 is 1.12 bits per heavy atom. The Kier molecular flexibility index (Phi) is 4.70. The van der Waals surface area contributed by atoms with Crippen molar-refractivity contribution in [1.29, 1.82) is 0 Å². The molecular weight excluding hydrogens is 312 g/mol. The molecule has 3 aromatic rings. The number of rotatable bonds is 4. The van der Waals surface area contributed by atoms with Gasteiger partial charge in [-0.15, -0.1) is 0 Å². The van der Waals surface area contributed by atoms with Crippen molar-refractivity contribution in [2.45, 2.75) is 32.7 Å². The molecule has 0 radical (unpaired) electrons. The Morgan fingerprint density at radius 2 is 1.88 bits per heavy atom. The van der Waals surface area contributed by atoms with Crippen LogP contribution in [0.1, 0.15) is 42.3 Å². The van der Waals surface area contributed by atoms with Gasteiger partial charge in [0.25, 0.3) is 5.91 Å². The minimum absolute atomic E-state index is 0.0707. The van der Waals surface area contributed by atoms with Gasteiger partial charge in [-0.05, 0) is 40.8 Å². The van der Waals surface area contributed by atoms with Gasteiger partial charge < -0.3 is 9.32 Å². The monoisotopic (exact) mass is 334 g/mol. The molecule has 1 aromatic carbocycles. The van der Waals surface area contributed by atoms with Gasteiger partial charge in [0.15, 0.2) is 0 Å². The molecule has 0 aliphatic heterocycles. The lowest BCUT2D eigenvalue weighted by molar-refractivity contribution is 0.0984. The highest BCUT2D eigenvalue weighted by Crippen LogP contribution is 2.26. The second-order valence-electron chi connectivity index (χ2n) is 7.06. The summed E-state index contributed by atoms with van der Waals surface area (Å²) in [7, 11) is 0. The van der Waals surface area contributed by atoms with Gasteiger partial charge in [0.05, 0.1) is 18.4 Å². The number of benzene rings is 1. The summed E-state index contributed by atoms with van der Waals surface area (Å²) in [4.78, 5) is 18.8. The van der Waals surface area contributed by atoms with Crippen molar-refractivity contribution in [2.75, 3.05) is 4.90 Å². The molecule has 0 atom stereocenters. The minimum atomic E-state index is -0.0962. The van der Waals surface area contributed by atoms with E-state index < -0.39 is 0 Å². The van der Waals surface area contributed by atoms with Crippen molar-refractivity contribution in [3.05, 3.63) is 84.1 Å². The molecule has 0 aliphatic rings. The summed E-state index contributed by atoms with van der Waals surface area (Å²) in [5.41, 5.74) is 3.65. The van der Waals surface area contributed by atoms with E-state index in [4.69, 9.17) is 4.42 Å². The summed E-state index contributed by atoms with van der Waals surface area (Å²) in [6, 6.07) is 13.7. The van der Waals surface area contributed by atoms with E-state index in [0.717, 1.165) is 11.3 Å². The normalized spacial score (nSPS) is 11.3. The highest BCUT2D eigenvalue weighted by Gasteiger charge is 2.20. The van der Waals surface area contributed by atoms with E-state index in [1.54, 1.807) is 23.4 Å². The number of carbonyl (C=O) groups excluding carboxylic acids is 1. The first kappa shape index (κ1) is 17.0. The number of nitrogens with zero attached hydrogens (tertiary/aromatic N) is 2. The molecule has 4 nitrogen and oxygen atoms in total. The number of furan rings is 1. The Morgan fingerprint density at radius 3 is 2.44 bits per heavy atom. The summed E-state index contributed by atoms with van der Waals surface area (Å²) < 4.78 is 5.08. The van der Waals surface area contributed by atoms with Gasteiger partial charge in [-0.25, -0.2) is 0 Å². The molecule has 0 N–H and O–H groups in total. The van der Waals surface area contributed by atoms with Gasteiger partial charge in [-0.3, -0.25) is 9.78 Å². The molecule has 0 spiro atoms. The zero-order valence-corrected chi connectivity index (χ0v) is 14.8. The first-order valence-corrected chi connectivity index (χ1v) is 8.28. The van der Waals surface area contributed by atoms with Crippen LogP contribution in [0.4, 0.5) is 5.69 Å². The summed E-state index contributed by atoms with van der Waals surface area (Å²) in [6.45, 7) is 6.97. The van der Waals surface area contributed by atoms with Gasteiger partial charge in [-0.2, -0.15) is 0 Å². The lowest BCUT2D eigenvalue weighted by Gasteiger charge is -2.24. The first-order valence-electron chi connectivity index (χ1n) is 8.28. The summed E-state index contributed by atoms with van der Waals surface area (Å²) in [6.07, 6.45) is 6.49. The third-order valence-corrected chi connectivity index (χ3v) is 4.12. The highest BCUT2D eigenvalue weighted by molar-refractivity contribution is 6.05. The number of hydrogen-bond donors (Lipinski definition) is 0. The number of amides is 1. The van der Waals surface area contributed by atoms with E-state index in [9.17, 15) is 4.79 Å². The smallest absolute Gasteiger partial charge is 0.261 e. The molecule has 128 valence electrons. The molecule has 0 aliphatic carbocycles. The molecule has 0 fully saturated rings. The number of carbonyl (C=O) groups is 1. The molecule has 4 heteroatoms. The second-order valence-corrected chi connectivity index (χ2v) is 7.06. The van der Waals surface area contributed by atoms with E-state index in [0.29, 0.717) is 12.1 Å². The van der Waals surface area contributed by atoms with Gasteiger partial charge in [0, 0.05) is 18.1 Å². The van der Waals surface area contributed by atoms with Gasteiger partial charge >= 0.3 is 0 Å². The van der Waals surface area contributed by atoms with E-state index in [-0.39, 0.29) is 11.3 Å². The predicted octanol–water partition coefficient (Wildman–Crippen LogP) is 4.82. The lowest BCUT2D eigenvalue weighted by atomic mass is 9.87. The molecule has 1 amide bonds. The van der Waals surface area contributed by atoms with Crippen molar-refractivity contribution in [3.8, 4) is 0 Å². The summed E-state index contributed by atoms with van der Waals surface area (Å²) >= 11 is 0. The van der Waals surface area contributed by atoms with Crippen LogP contribution >= 0.6 is 0 Å². The molecule has 0 unspecified atom stereocenters. The zero-order valence-electron chi connectivity index (χ0n) is 14.8.